The van der Waals surface area contributed by atoms with Crippen LogP contribution in [0.25, 0.3) is 0 Å². The smallest absolute Gasteiger partial charge is 0.325 e. The molecule has 0 aromatic rings. The molecule has 0 aromatic heterocycles. The topological polar surface area (TPSA) is 167 Å². The van der Waals surface area contributed by atoms with Gasteiger partial charge in [-0.1, -0.05) is 93.9 Å². The first-order chi connectivity index (χ1) is 25.8. The van der Waals surface area contributed by atoms with Crippen LogP contribution in [0, 0.1) is 29.6 Å². The highest BCUT2D eigenvalue weighted by Gasteiger charge is 2.59. The van der Waals surface area contributed by atoms with Crippen LogP contribution in [-0.2, 0) is 33.4 Å². The fraction of sp³-hybridized carbons (Fsp3) is 0.881. The molecule has 0 spiro atoms. The first-order valence-electron chi connectivity index (χ1n) is 21.0. The molecule has 13 heteroatoms. The number of nitrogens with one attached hydrogen (secondary N) is 3. The van der Waals surface area contributed by atoms with E-state index >= 15 is 0 Å². The van der Waals surface area contributed by atoms with Gasteiger partial charge in [0.2, 0.25) is 23.6 Å². The number of carboxylic acids is 1. The van der Waals surface area contributed by atoms with Crippen LogP contribution in [0.1, 0.15) is 133 Å². The van der Waals surface area contributed by atoms with E-state index in [0.717, 1.165) is 32.2 Å². The summed E-state index contributed by atoms with van der Waals surface area (Å²) in [6, 6.07) is -2.50. The van der Waals surface area contributed by atoms with Crippen molar-refractivity contribution in [1.29, 1.82) is 0 Å². The van der Waals surface area contributed by atoms with E-state index in [1.54, 1.807) is 33.1 Å². The lowest BCUT2D eigenvalue weighted by atomic mass is 9.89. The van der Waals surface area contributed by atoms with E-state index in [9.17, 15) is 24.0 Å². The van der Waals surface area contributed by atoms with E-state index < -0.39 is 41.7 Å². The van der Waals surface area contributed by atoms with E-state index in [-0.39, 0.29) is 59.8 Å². The number of hydrogen-bond donors (Lipinski definition) is 4. The number of methoxy groups -OCH3 is 2. The lowest BCUT2D eigenvalue weighted by molar-refractivity contribution is -0.144. The molecule has 0 radical (unpaired) electrons. The Morgan fingerprint density at radius 1 is 0.836 bits per heavy atom. The summed E-state index contributed by atoms with van der Waals surface area (Å²) in [5.41, 5.74) is -0.652. The van der Waals surface area contributed by atoms with Gasteiger partial charge in [-0.05, 0) is 69.9 Å². The van der Waals surface area contributed by atoms with Gasteiger partial charge in [0.05, 0.1) is 36.1 Å². The molecule has 0 bridgehead atoms. The van der Waals surface area contributed by atoms with Gasteiger partial charge in [-0.3, -0.25) is 28.9 Å². The Hall–Kier alpha value is -2.77. The normalized spacial score (nSPS) is 20.6. The monoisotopic (exact) mass is 782 g/mol. The summed E-state index contributed by atoms with van der Waals surface area (Å²) in [5, 5.41) is 17.8. The standard InChI is InChI=1S/C42H79N5O8/c1-14-16-17-18-19-20-24-46(10)36(28(5)6)39(50)45-35(27(3)4)40(51)47(11)37(29(7)15-2)33(54-12)25-34(48)43-23-21-22-32-26-42(32,55-13)30(8)38(49)44-31(9)41(52)53/h27-33,35-37H,14-26H2,1-13H3,(H,43,48)(H,44,49)(H,45,50)(H,52,53)/t29-,30-,31-,32+,33+,35-,36-,37-,42+/m0/s1. The third kappa shape index (κ3) is 15.3. The number of aliphatic carboxylic acids is 1. The van der Waals surface area contributed by atoms with Gasteiger partial charge in [0.15, 0.2) is 0 Å². The Bertz CT molecular complexity index is 1200. The third-order valence-electron chi connectivity index (χ3n) is 11.9. The number of carbonyl (C=O) groups excluding carboxylic acids is 4. The molecule has 0 aromatic carbocycles. The summed E-state index contributed by atoms with van der Waals surface area (Å²) in [5.74, 6) is -2.49. The Labute approximate surface area is 333 Å². The molecular formula is C42H79N5O8. The second-order valence-corrected chi connectivity index (χ2v) is 16.8. The Balaban J connectivity index is 2.90. The van der Waals surface area contributed by atoms with Crippen LogP contribution < -0.4 is 16.0 Å². The number of nitrogens with zero attached hydrogens (tertiary/aromatic N) is 2. The number of carboxylic acid groups (broad SMARTS) is 1. The minimum absolute atomic E-state index is 0.0109. The van der Waals surface area contributed by atoms with Crippen LogP contribution in [0.15, 0.2) is 0 Å². The summed E-state index contributed by atoms with van der Waals surface area (Å²) in [4.78, 5) is 69.1. The Morgan fingerprint density at radius 3 is 1.98 bits per heavy atom. The highest BCUT2D eigenvalue weighted by molar-refractivity contribution is 5.90. The lowest BCUT2D eigenvalue weighted by Gasteiger charge is -2.40. The number of ether oxygens (including phenoxy) is 2. The van der Waals surface area contributed by atoms with Crippen molar-refractivity contribution in [2.75, 3.05) is 41.4 Å². The highest BCUT2D eigenvalue weighted by atomic mass is 16.5. The summed E-state index contributed by atoms with van der Waals surface area (Å²) >= 11 is 0. The van der Waals surface area contributed by atoms with Gasteiger partial charge in [-0.15, -0.1) is 0 Å². The average molecular weight is 782 g/mol. The van der Waals surface area contributed by atoms with Gasteiger partial charge in [0.1, 0.15) is 12.1 Å². The van der Waals surface area contributed by atoms with E-state index in [1.807, 2.05) is 41.7 Å². The molecule has 0 unspecified atom stereocenters. The first kappa shape index (κ1) is 50.2. The summed E-state index contributed by atoms with van der Waals surface area (Å²) < 4.78 is 11.7. The summed E-state index contributed by atoms with van der Waals surface area (Å²) in [7, 11) is 6.88. The van der Waals surface area contributed by atoms with Gasteiger partial charge in [0, 0.05) is 27.8 Å². The molecule has 0 heterocycles. The second kappa shape index (κ2) is 24.8. The molecular weight excluding hydrogens is 702 g/mol. The molecule has 0 aliphatic heterocycles. The Kier molecular flexibility index (Phi) is 22.6. The summed E-state index contributed by atoms with van der Waals surface area (Å²) in [6.45, 7) is 18.7. The van der Waals surface area contributed by atoms with Crippen molar-refractivity contribution < 1.29 is 38.6 Å². The average Bonchev–Trinajstić information content (AvgIpc) is 3.86. The number of rotatable bonds is 29. The number of amides is 4. The maximum Gasteiger partial charge on any atom is 0.325 e. The Morgan fingerprint density at radius 2 is 1.45 bits per heavy atom. The zero-order valence-electron chi connectivity index (χ0n) is 36.7. The van der Waals surface area contributed by atoms with Crippen molar-refractivity contribution >= 4 is 29.6 Å². The predicted octanol–water partition coefficient (Wildman–Crippen LogP) is 5.25. The van der Waals surface area contributed by atoms with Crippen LogP contribution in [0.4, 0.5) is 0 Å². The third-order valence-corrected chi connectivity index (χ3v) is 11.9. The van der Waals surface area contributed by atoms with Crippen molar-refractivity contribution in [1.82, 2.24) is 25.8 Å². The van der Waals surface area contributed by atoms with E-state index in [0.29, 0.717) is 19.4 Å². The largest absolute Gasteiger partial charge is 0.480 e. The fourth-order valence-electron chi connectivity index (χ4n) is 8.08. The molecule has 4 amide bonds. The van der Waals surface area contributed by atoms with Crippen molar-refractivity contribution in [3.05, 3.63) is 0 Å². The minimum atomic E-state index is -1.10. The van der Waals surface area contributed by atoms with Gasteiger partial charge >= 0.3 is 5.97 Å². The number of hydrogen-bond acceptors (Lipinski definition) is 8. The maximum absolute atomic E-state index is 14.3. The van der Waals surface area contributed by atoms with E-state index in [1.165, 1.54) is 32.6 Å². The molecule has 9 atom stereocenters. The van der Waals surface area contributed by atoms with Crippen LogP contribution in [-0.4, -0.2) is 122 Å². The predicted molar refractivity (Wildman–Crippen MR) is 217 cm³/mol. The summed E-state index contributed by atoms with van der Waals surface area (Å²) in [6.07, 6.45) is 9.41. The van der Waals surface area contributed by atoms with Crippen LogP contribution in [0.2, 0.25) is 0 Å². The van der Waals surface area contributed by atoms with Crippen molar-refractivity contribution in [3.63, 3.8) is 0 Å². The number of unbranched alkanes of at least 4 members (excludes halogenated alkanes) is 5. The molecule has 1 aliphatic carbocycles. The highest BCUT2D eigenvalue weighted by Crippen LogP contribution is 2.54. The number of carbonyl (C=O) groups is 5. The molecule has 1 rings (SSSR count). The molecule has 1 fully saturated rings. The zero-order valence-corrected chi connectivity index (χ0v) is 36.7. The molecule has 4 N–H and O–H groups in total. The number of likely N-dealkylation sites (N-methyl/N-ethyl adjacent to an activating group) is 2. The quantitative estimate of drug-likeness (QED) is 0.0742. The van der Waals surface area contributed by atoms with Gasteiger partial charge < -0.3 is 35.4 Å². The van der Waals surface area contributed by atoms with E-state index in [2.05, 4.69) is 34.7 Å². The first-order valence-corrected chi connectivity index (χ1v) is 21.0. The SMILES string of the molecule is CCCCCCCCN(C)[C@H](C(=O)N[C@H](C(=O)N(C)[C@@H]([C@@H](C)CC)[C@@H](CC(=O)NCCC[C@@H]1C[C@@]1(OC)[C@@H](C)C(=O)N[C@@H](C)C(=O)O)OC)C(C)C)C(C)C. The second-order valence-electron chi connectivity index (χ2n) is 16.8. The van der Waals surface area contributed by atoms with Gasteiger partial charge in [-0.2, -0.15) is 0 Å². The van der Waals surface area contributed by atoms with Crippen LogP contribution >= 0.6 is 0 Å². The molecule has 1 aliphatic rings. The molecule has 1 saturated carbocycles. The van der Waals surface area contributed by atoms with Crippen LogP contribution in [0.3, 0.4) is 0 Å². The van der Waals surface area contributed by atoms with Crippen molar-refractivity contribution in [3.8, 4) is 0 Å². The van der Waals surface area contributed by atoms with E-state index in [4.69, 9.17) is 14.6 Å². The molecule has 0 saturated heterocycles. The zero-order chi connectivity index (χ0) is 42.0. The molecule has 13 nitrogen and oxygen atoms in total. The van der Waals surface area contributed by atoms with Crippen molar-refractivity contribution in [2.24, 2.45) is 29.6 Å². The molecule has 320 valence electrons. The van der Waals surface area contributed by atoms with Crippen LogP contribution in [0.5, 0.6) is 0 Å². The maximum atomic E-state index is 14.3. The van der Waals surface area contributed by atoms with Gasteiger partial charge in [0.25, 0.3) is 0 Å². The minimum Gasteiger partial charge on any atom is -0.480 e. The fourth-order valence-corrected chi connectivity index (χ4v) is 8.08. The lowest BCUT2D eigenvalue weighted by Crippen LogP contribution is -2.59. The van der Waals surface area contributed by atoms with Crippen molar-refractivity contribution in [2.45, 2.75) is 169 Å². The van der Waals surface area contributed by atoms with Gasteiger partial charge in [-0.25, -0.2) is 0 Å². The molecule has 55 heavy (non-hydrogen) atoms.